The lowest BCUT2D eigenvalue weighted by atomic mass is 9.89. The molecule has 2 atom stereocenters. The molecule has 3 rings (SSSR count). The van der Waals surface area contributed by atoms with Crippen molar-refractivity contribution in [2.24, 2.45) is 0 Å². The Hall–Kier alpha value is -1.36. The molecule has 1 amide bonds. The summed E-state index contributed by atoms with van der Waals surface area (Å²) in [5.74, 6) is 1.04. The molecule has 0 saturated carbocycles. The van der Waals surface area contributed by atoms with Gasteiger partial charge in [-0.3, -0.25) is 4.79 Å². The van der Waals surface area contributed by atoms with Gasteiger partial charge in [-0.2, -0.15) is 0 Å². The quantitative estimate of drug-likeness (QED) is 0.900. The van der Waals surface area contributed by atoms with Crippen LogP contribution in [-0.4, -0.2) is 34.6 Å². The van der Waals surface area contributed by atoms with Crippen molar-refractivity contribution < 1.29 is 9.32 Å². The number of rotatable bonds is 2. The second kappa shape index (κ2) is 5.20. The minimum atomic E-state index is -0.407. The molecule has 0 radical (unpaired) electrons. The molecule has 2 unspecified atom stereocenters. The fourth-order valence-electron chi connectivity index (χ4n) is 3.40. The number of carbonyl (C=O) groups excluding carboxylic acids is 1. The molecule has 3 heterocycles. The Morgan fingerprint density at radius 2 is 2.35 bits per heavy atom. The number of nitrogens with one attached hydrogen (secondary N) is 1. The first-order valence-corrected chi connectivity index (χ1v) is 7.59. The largest absolute Gasteiger partial charge is 0.359 e. The zero-order valence-electron chi connectivity index (χ0n) is 12.3. The maximum absolute atomic E-state index is 12.9. The number of carbonyl (C=O) groups is 1. The van der Waals surface area contributed by atoms with Crippen molar-refractivity contribution in [2.75, 3.05) is 13.1 Å². The molecule has 1 aromatic heterocycles. The minimum absolute atomic E-state index is 0.0595. The van der Waals surface area contributed by atoms with Crippen LogP contribution >= 0.6 is 0 Å². The van der Waals surface area contributed by atoms with Gasteiger partial charge in [-0.15, -0.1) is 0 Å². The van der Waals surface area contributed by atoms with Crippen molar-refractivity contribution in [1.82, 2.24) is 15.4 Å². The summed E-state index contributed by atoms with van der Waals surface area (Å²) in [4.78, 5) is 14.9. The molecule has 1 aromatic rings. The molecule has 5 heteroatoms. The topological polar surface area (TPSA) is 58.4 Å². The Balaban J connectivity index is 1.79. The molecule has 1 N–H and O–H groups in total. The number of piperidine rings is 1. The normalized spacial score (nSPS) is 30.7. The summed E-state index contributed by atoms with van der Waals surface area (Å²) in [7, 11) is 0. The van der Waals surface area contributed by atoms with E-state index in [0.29, 0.717) is 0 Å². The van der Waals surface area contributed by atoms with Crippen LogP contribution < -0.4 is 5.32 Å². The van der Waals surface area contributed by atoms with Crippen LogP contribution in [0.2, 0.25) is 0 Å². The molecule has 2 aliphatic heterocycles. The van der Waals surface area contributed by atoms with Crippen LogP contribution in [0.15, 0.2) is 10.6 Å². The number of aromatic nitrogens is 1. The van der Waals surface area contributed by atoms with Gasteiger partial charge in [0, 0.05) is 12.6 Å². The van der Waals surface area contributed by atoms with E-state index in [2.05, 4.69) is 10.5 Å². The Morgan fingerprint density at radius 1 is 1.50 bits per heavy atom. The van der Waals surface area contributed by atoms with Crippen molar-refractivity contribution in [3.8, 4) is 0 Å². The summed E-state index contributed by atoms with van der Waals surface area (Å²) in [6.45, 7) is 5.70. The van der Waals surface area contributed by atoms with E-state index in [4.69, 9.17) is 4.52 Å². The summed E-state index contributed by atoms with van der Waals surface area (Å²) in [5, 5.41) is 7.37. The first kappa shape index (κ1) is 13.6. The lowest BCUT2D eigenvalue weighted by Crippen LogP contribution is -2.57. The number of amides is 1. The van der Waals surface area contributed by atoms with Crippen molar-refractivity contribution in [3.05, 3.63) is 17.5 Å². The van der Waals surface area contributed by atoms with Crippen molar-refractivity contribution >= 4 is 5.91 Å². The van der Waals surface area contributed by atoms with Crippen LogP contribution in [0, 0.1) is 6.92 Å². The first-order valence-electron chi connectivity index (χ1n) is 7.59. The van der Waals surface area contributed by atoms with Gasteiger partial charge in [0.25, 0.3) is 0 Å². The predicted octanol–water partition coefficient (Wildman–Crippen LogP) is 2.18. The van der Waals surface area contributed by atoms with Gasteiger partial charge in [0.15, 0.2) is 5.76 Å². The van der Waals surface area contributed by atoms with Crippen LogP contribution in [-0.2, 0) is 4.79 Å². The Labute approximate surface area is 119 Å². The lowest BCUT2D eigenvalue weighted by molar-refractivity contribution is -0.140. The maximum Gasteiger partial charge on any atom is 0.243 e. The molecule has 0 spiro atoms. The summed E-state index contributed by atoms with van der Waals surface area (Å²) >= 11 is 0. The van der Waals surface area contributed by atoms with E-state index in [1.807, 2.05) is 24.8 Å². The van der Waals surface area contributed by atoms with E-state index in [9.17, 15) is 4.79 Å². The van der Waals surface area contributed by atoms with E-state index < -0.39 is 5.54 Å². The highest BCUT2D eigenvalue weighted by Gasteiger charge is 2.42. The third-order valence-corrected chi connectivity index (χ3v) is 4.58. The summed E-state index contributed by atoms with van der Waals surface area (Å²) < 4.78 is 5.38. The number of likely N-dealkylation sites (tertiary alicyclic amines) is 1. The molecule has 20 heavy (non-hydrogen) atoms. The zero-order chi connectivity index (χ0) is 14.2. The monoisotopic (exact) mass is 277 g/mol. The number of aryl methyl sites for hydroxylation is 1. The molecular weight excluding hydrogens is 254 g/mol. The third kappa shape index (κ3) is 2.35. The van der Waals surface area contributed by atoms with E-state index in [1.54, 1.807) is 0 Å². The smallest absolute Gasteiger partial charge is 0.243 e. The Kier molecular flexibility index (Phi) is 3.54. The van der Waals surface area contributed by atoms with Crippen LogP contribution in [0.25, 0.3) is 0 Å². The molecule has 0 aromatic carbocycles. The second-order valence-electron chi connectivity index (χ2n) is 6.24. The minimum Gasteiger partial charge on any atom is -0.359 e. The predicted molar refractivity (Wildman–Crippen MR) is 75.2 cm³/mol. The zero-order valence-corrected chi connectivity index (χ0v) is 12.3. The molecule has 2 saturated heterocycles. The van der Waals surface area contributed by atoms with Crippen molar-refractivity contribution in [3.63, 3.8) is 0 Å². The molecule has 2 aliphatic rings. The van der Waals surface area contributed by atoms with Gasteiger partial charge >= 0.3 is 0 Å². The van der Waals surface area contributed by atoms with E-state index in [-0.39, 0.29) is 11.9 Å². The van der Waals surface area contributed by atoms with Gasteiger partial charge in [0.05, 0.1) is 17.3 Å². The van der Waals surface area contributed by atoms with Crippen LogP contribution in [0.4, 0.5) is 0 Å². The van der Waals surface area contributed by atoms with E-state index in [0.717, 1.165) is 56.6 Å². The molecule has 2 fully saturated rings. The van der Waals surface area contributed by atoms with Gasteiger partial charge in [-0.1, -0.05) is 5.16 Å². The van der Waals surface area contributed by atoms with Gasteiger partial charge in [0.2, 0.25) is 5.91 Å². The SMILES string of the molecule is Cc1cc(C2CCCN2C(=O)C2(C)CCCCN2)on1. The van der Waals surface area contributed by atoms with Gasteiger partial charge < -0.3 is 14.7 Å². The molecule has 0 bridgehead atoms. The second-order valence-corrected chi connectivity index (χ2v) is 6.24. The standard InChI is InChI=1S/C15H23N3O2/c1-11-10-13(20-17-11)12-6-5-9-18(12)14(19)15(2)7-3-4-8-16-15/h10,12,16H,3-9H2,1-2H3. The van der Waals surface area contributed by atoms with Crippen molar-refractivity contribution in [2.45, 2.75) is 57.5 Å². The van der Waals surface area contributed by atoms with Gasteiger partial charge in [-0.05, 0) is 52.5 Å². The number of hydrogen-bond acceptors (Lipinski definition) is 4. The first-order chi connectivity index (χ1) is 9.60. The highest BCUT2D eigenvalue weighted by atomic mass is 16.5. The van der Waals surface area contributed by atoms with Crippen molar-refractivity contribution in [1.29, 1.82) is 0 Å². The van der Waals surface area contributed by atoms with E-state index in [1.165, 1.54) is 0 Å². The fourth-order valence-corrected chi connectivity index (χ4v) is 3.40. The maximum atomic E-state index is 12.9. The molecule has 5 nitrogen and oxygen atoms in total. The van der Waals surface area contributed by atoms with Crippen LogP contribution in [0.5, 0.6) is 0 Å². The van der Waals surface area contributed by atoms with Crippen LogP contribution in [0.1, 0.15) is 56.5 Å². The fraction of sp³-hybridized carbons (Fsp3) is 0.733. The average Bonchev–Trinajstić information content (AvgIpc) is 3.07. The lowest BCUT2D eigenvalue weighted by Gasteiger charge is -2.38. The molecular formula is C15H23N3O2. The molecule has 110 valence electrons. The van der Waals surface area contributed by atoms with Crippen LogP contribution in [0.3, 0.4) is 0 Å². The average molecular weight is 277 g/mol. The molecule has 0 aliphatic carbocycles. The third-order valence-electron chi connectivity index (χ3n) is 4.58. The van der Waals surface area contributed by atoms with E-state index >= 15 is 0 Å². The summed E-state index contributed by atoms with van der Waals surface area (Å²) in [6, 6.07) is 2.01. The Bertz CT molecular complexity index is 491. The number of nitrogens with zero attached hydrogens (tertiary/aromatic N) is 2. The highest BCUT2D eigenvalue weighted by Crippen LogP contribution is 2.35. The Morgan fingerprint density at radius 3 is 3.00 bits per heavy atom. The summed E-state index contributed by atoms with van der Waals surface area (Å²) in [5.41, 5.74) is 0.469. The summed E-state index contributed by atoms with van der Waals surface area (Å²) in [6.07, 6.45) is 5.20. The highest BCUT2D eigenvalue weighted by molar-refractivity contribution is 5.86. The van der Waals surface area contributed by atoms with Gasteiger partial charge in [-0.25, -0.2) is 0 Å². The van der Waals surface area contributed by atoms with Gasteiger partial charge in [0.1, 0.15) is 0 Å². The number of hydrogen-bond donors (Lipinski definition) is 1.